The number of benzene rings is 2. The van der Waals surface area contributed by atoms with Crippen molar-refractivity contribution < 1.29 is 4.79 Å². The van der Waals surface area contributed by atoms with E-state index in [-0.39, 0.29) is 5.91 Å². The van der Waals surface area contributed by atoms with Crippen LogP contribution in [0.2, 0.25) is 0 Å². The van der Waals surface area contributed by atoms with E-state index in [2.05, 4.69) is 64.7 Å². The van der Waals surface area contributed by atoms with Crippen molar-refractivity contribution >= 4 is 5.91 Å². The van der Waals surface area contributed by atoms with Crippen molar-refractivity contribution in [3.8, 4) is 0 Å². The second kappa shape index (κ2) is 9.92. The number of likely N-dealkylation sites (tertiary alicyclic amines) is 1. The first kappa shape index (κ1) is 21.3. The Hall–Kier alpha value is -2.92. The Balaban J connectivity index is 1.30. The number of carbonyl (C=O) groups is 1. The number of amides is 1. The third-order valence-corrected chi connectivity index (χ3v) is 6.03. The molecule has 2 heterocycles. The molecule has 1 N–H and O–H groups in total. The van der Waals surface area contributed by atoms with Crippen LogP contribution >= 0.6 is 0 Å². The van der Waals surface area contributed by atoms with Crippen molar-refractivity contribution in [1.29, 1.82) is 0 Å². The van der Waals surface area contributed by atoms with E-state index in [1.165, 1.54) is 18.4 Å². The standard InChI is InChI=1S/C26H32N4O/c1-20-14-21(2)30(28-20)19-23-10-6-12-25(15-23)26(31)27-16-24-11-7-13-29(18-24)17-22-8-4-3-5-9-22/h3-6,8-10,12,14-15,24H,7,11,13,16-19H2,1-2H3,(H,27,31). The number of piperidine rings is 1. The molecule has 31 heavy (non-hydrogen) atoms. The summed E-state index contributed by atoms with van der Waals surface area (Å²) in [4.78, 5) is 15.3. The molecule has 1 aliphatic rings. The SMILES string of the molecule is Cc1cc(C)n(Cc2cccc(C(=O)NCC3CCCN(Cc4ccccc4)C3)c2)n1. The average molecular weight is 417 g/mol. The molecule has 0 spiro atoms. The minimum atomic E-state index is 0.00963. The number of nitrogens with one attached hydrogen (secondary N) is 1. The van der Waals surface area contributed by atoms with Gasteiger partial charge in [-0.1, -0.05) is 42.5 Å². The molecule has 1 aliphatic heterocycles. The van der Waals surface area contributed by atoms with Crippen LogP contribution in [-0.2, 0) is 13.1 Å². The molecule has 1 unspecified atom stereocenters. The molecule has 0 bridgehead atoms. The average Bonchev–Trinajstić information content (AvgIpc) is 3.09. The van der Waals surface area contributed by atoms with Crippen LogP contribution in [0.15, 0.2) is 60.7 Å². The normalized spacial score (nSPS) is 16.9. The van der Waals surface area contributed by atoms with Gasteiger partial charge in [-0.3, -0.25) is 14.4 Å². The molecular formula is C26H32N4O. The molecule has 5 nitrogen and oxygen atoms in total. The number of aromatic nitrogens is 2. The zero-order valence-corrected chi connectivity index (χ0v) is 18.6. The van der Waals surface area contributed by atoms with Crippen LogP contribution in [0.4, 0.5) is 0 Å². The van der Waals surface area contributed by atoms with Crippen molar-refractivity contribution in [2.45, 2.75) is 39.8 Å². The third-order valence-electron chi connectivity index (χ3n) is 6.03. The van der Waals surface area contributed by atoms with E-state index in [0.717, 1.165) is 48.7 Å². The van der Waals surface area contributed by atoms with Crippen LogP contribution < -0.4 is 5.32 Å². The maximum Gasteiger partial charge on any atom is 0.251 e. The number of rotatable bonds is 7. The lowest BCUT2D eigenvalue weighted by molar-refractivity contribution is 0.0930. The van der Waals surface area contributed by atoms with Gasteiger partial charge in [0, 0.05) is 30.9 Å². The lowest BCUT2D eigenvalue weighted by Crippen LogP contribution is -2.40. The summed E-state index contributed by atoms with van der Waals surface area (Å²) in [6.07, 6.45) is 2.36. The predicted molar refractivity (Wildman–Crippen MR) is 124 cm³/mol. The third kappa shape index (κ3) is 5.82. The zero-order valence-electron chi connectivity index (χ0n) is 18.6. The smallest absolute Gasteiger partial charge is 0.251 e. The molecule has 0 radical (unpaired) electrons. The lowest BCUT2D eigenvalue weighted by Gasteiger charge is -2.32. The van der Waals surface area contributed by atoms with Gasteiger partial charge in [0.15, 0.2) is 0 Å². The van der Waals surface area contributed by atoms with Crippen LogP contribution in [0.5, 0.6) is 0 Å². The summed E-state index contributed by atoms with van der Waals surface area (Å²) >= 11 is 0. The predicted octanol–water partition coefficient (Wildman–Crippen LogP) is 4.19. The van der Waals surface area contributed by atoms with Crippen molar-refractivity contribution in [2.24, 2.45) is 5.92 Å². The van der Waals surface area contributed by atoms with Crippen molar-refractivity contribution in [2.75, 3.05) is 19.6 Å². The van der Waals surface area contributed by atoms with Gasteiger partial charge in [0.25, 0.3) is 5.91 Å². The number of hydrogen-bond donors (Lipinski definition) is 1. The fourth-order valence-electron chi connectivity index (χ4n) is 4.46. The van der Waals surface area contributed by atoms with Gasteiger partial charge >= 0.3 is 0 Å². The molecule has 2 aromatic carbocycles. The second-order valence-electron chi connectivity index (χ2n) is 8.72. The Morgan fingerprint density at radius 1 is 1.03 bits per heavy atom. The first-order chi connectivity index (χ1) is 15.1. The van der Waals surface area contributed by atoms with Gasteiger partial charge in [0.2, 0.25) is 0 Å². The molecule has 1 atom stereocenters. The number of aryl methyl sites for hydroxylation is 2. The summed E-state index contributed by atoms with van der Waals surface area (Å²) < 4.78 is 1.98. The molecule has 3 aromatic rings. The summed E-state index contributed by atoms with van der Waals surface area (Å²) in [5.41, 5.74) is 5.30. The molecule has 5 heteroatoms. The number of hydrogen-bond acceptors (Lipinski definition) is 3. The summed E-state index contributed by atoms with van der Waals surface area (Å²) in [5.74, 6) is 0.509. The van der Waals surface area contributed by atoms with Crippen molar-refractivity contribution in [3.63, 3.8) is 0 Å². The highest BCUT2D eigenvalue weighted by Gasteiger charge is 2.20. The highest BCUT2D eigenvalue weighted by atomic mass is 16.1. The monoisotopic (exact) mass is 416 g/mol. The van der Waals surface area contributed by atoms with Crippen LogP contribution in [0.1, 0.15) is 45.7 Å². The van der Waals surface area contributed by atoms with Crippen LogP contribution in [0.3, 0.4) is 0 Å². The van der Waals surface area contributed by atoms with Gasteiger partial charge in [-0.05, 0) is 68.5 Å². The lowest BCUT2D eigenvalue weighted by atomic mass is 9.97. The molecule has 1 amide bonds. The maximum absolute atomic E-state index is 12.8. The Morgan fingerprint density at radius 2 is 1.84 bits per heavy atom. The minimum absolute atomic E-state index is 0.00963. The molecule has 1 saturated heterocycles. The molecular weight excluding hydrogens is 384 g/mol. The number of nitrogens with zero attached hydrogens (tertiary/aromatic N) is 3. The van der Waals surface area contributed by atoms with Crippen molar-refractivity contribution in [3.05, 3.63) is 88.7 Å². The largest absolute Gasteiger partial charge is 0.352 e. The van der Waals surface area contributed by atoms with Gasteiger partial charge in [-0.15, -0.1) is 0 Å². The van der Waals surface area contributed by atoms with E-state index in [4.69, 9.17) is 0 Å². The second-order valence-corrected chi connectivity index (χ2v) is 8.72. The van der Waals surface area contributed by atoms with E-state index in [9.17, 15) is 4.79 Å². The quantitative estimate of drug-likeness (QED) is 0.628. The molecule has 1 aromatic heterocycles. The van der Waals surface area contributed by atoms with Gasteiger partial charge in [0.1, 0.15) is 0 Å². The van der Waals surface area contributed by atoms with E-state index in [1.807, 2.05) is 29.8 Å². The Labute approximate surface area is 185 Å². The van der Waals surface area contributed by atoms with Gasteiger partial charge in [-0.2, -0.15) is 5.10 Å². The highest BCUT2D eigenvalue weighted by molar-refractivity contribution is 5.94. The van der Waals surface area contributed by atoms with Crippen LogP contribution in [0.25, 0.3) is 0 Å². The van der Waals surface area contributed by atoms with E-state index < -0.39 is 0 Å². The topological polar surface area (TPSA) is 50.2 Å². The van der Waals surface area contributed by atoms with Gasteiger partial charge in [-0.25, -0.2) is 0 Å². The molecule has 162 valence electrons. The molecule has 1 fully saturated rings. The fourth-order valence-corrected chi connectivity index (χ4v) is 4.46. The molecule has 0 saturated carbocycles. The van der Waals surface area contributed by atoms with E-state index in [1.54, 1.807) is 0 Å². The first-order valence-electron chi connectivity index (χ1n) is 11.2. The summed E-state index contributed by atoms with van der Waals surface area (Å²) in [6, 6.07) is 20.6. The Morgan fingerprint density at radius 3 is 2.61 bits per heavy atom. The molecule has 4 rings (SSSR count). The summed E-state index contributed by atoms with van der Waals surface area (Å²) in [5, 5.41) is 7.70. The fraction of sp³-hybridized carbons (Fsp3) is 0.385. The van der Waals surface area contributed by atoms with E-state index >= 15 is 0 Å². The Bertz CT molecular complexity index is 1010. The van der Waals surface area contributed by atoms with E-state index in [0.29, 0.717) is 12.5 Å². The summed E-state index contributed by atoms with van der Waals surface area (Å²) in [6.45, 7) is 8.62. The van der Waals surface area contributed by atoms with Gasteiger partial charge < -0.3 is 5.32 Å². The number of carbonyl (C=O) groups excluding carboxylic acids is 1. The highest BCUT2D eigenvalue weighted by Crippen LogP contribution is 2.18. The van der Waals surface area contributed by atoms with Gasteiger partial charge in [0.05, 0.1) is 12.2 Å². The molecule has 0 aliphatic carbocycles. The zero-order chi connectivity index (χ0) is 21.6. The Kier molecular flexibility index (Phi) is 6.82. The first-order valence-corrected chi connectivity index (χ1v) is 11.2. The van der Waals surface area contributed by atoms with Crippen molar-refractivity contribution in [1.82, 2.24) is 20.0 Å². The maximum atomic E-state index is 12.8. The van der Waals surface area contributed by atoms with Crippen LogP contribution in [0, 0.1) is 19.8 Å². The summed E-state index contributed by atoms with van der Waals surface area (Å²) in [7, 11) is 0. The van der Waals surface area contributed by atoms with Crippen LogP contribution in [-0.4, -0.2) is 40.2 Å². The minimum Gasteiger partial charge on any atom is -0.352 e.